The maximum Gasteiger partial charge on any atom is 0.191 e. The molecule has 0 aromatic heterocycles. The normalized spacial score (nSPS) is 15.9. The maximum atomic E-state index is 6.00. The van der Waals surface area contributed by atoms with Crippen molar-refractivity contribution in [2.45, 2.75) is 58.9 Å². The minimum atomic E-state index is 0.326. The number of hydrogen-bond acceptors (Lipinski definition) is 4. The number of nitrogens with zero attached hydrogens (tertiary/aromatic N) is 1. The SMILES string of the molecule is CCOCCC1(CNC(=NC)NCc2ccc(C)cc2OCCCOC)CCCC1. The van der Waals surface area contributed by atoms with E-state index in [0.717, 1.165) is 49.9 Å². The Morgan fingerprint density at radius 3 is 2.63 bits per heavy atom. The fourth-order valence-electron chi connectivity index (χ4n) is 4.07. The van der Waals surface area contributed by atoms with E-state index in [1.54, 1.807) is 7.11 Å². The minimum Gasteiger partial charge on any atom is -0.493 e. The summed E-state index contributed by atoms with van der Waals surface area (Å²) in [6.45, 7) is 8.76. The lowest BCUT2D eigenvalue weighted by Crippen LogP contribution is -2.43. The van der Waals surface area contributed by atoms with Crippen molar-refractivity contribution < 1.29 is 14.2 Å². The Bertz CT molecular complexity index is 643. The van der Waals surface area contributed by atoms with Crippen molar-refractivity contribution in [2.75, 3.05) is 47.1 Å². The van der Waals surface area contributed by atoms with Crippen LogP contribution in [0, 0.1) is 12.3 Å². The number of benzene rings is 1. The molecule has 6 nitrogen and oxygen atoms in total. The van der Waals surface area contributed by atoms with Gasteiger partial charge in [0.1, 0.15) is 5.75 Å². The Hall–Kier alpha value is -1.79. The Labute approximate surface area is 182 Å². The molecule has 2 rings (SSSR count). The molecule has 0 heterocycles. The van der Waals surface area contributed by atoms with E-state index in [1.807, 2.05) is 7.05 Å². The number of aliphatic imine (C=N–C) groups is 1. The molecule has 2 N–H and O–H groups in total. The molecule has 0 aliphatic heterocycles. The molecule has 0 spiro atoms. The van der Waals surface area contributed by atoms with Gasteiger partial charge in [-0.2, -0.15) is 0 Å². The molecule has 0 unspecified atom stereocenters. The number of nitrogens with one attached hydrogen (secondary N) is 2. The van der Waals surface area contributed by atoms with Gasteiger partial charge in [-0.1, -0.05) is 25.0 Å². The number of hydrogen-bond donors (Lipinski definition) is 2. The first-order chi connectivity index (χ1) is 14.6. The fourth-order valence-corrected chi connectivity index (χ4v) is 4.07. The monoisotopic (exact) mass is 419 g/mol. The molecule has 1 aliphatic rings. The third-order valence-corrected chi connectivity index (χ3v) is 5.92. The van der Waals surface area contributed by atoms with E-state index in [9.17, 15) is 0 Å². The van der Waals surface area contributed by atoms with Gasteiger partial charge in [0.15, 0.2) is 5.96 Å². The van der Waals surface area contributed by atoms with Crippen LogP contribution in [-0.2, 0) is 16.0 Å². The lowest BCUT2D eigenvalue weighted by atomic mass is 9.83. The summed E-state index contributed by atoms with van der Waals surface area (Å²) in [4.78, 5) is 4.43. The number of methoxy groups -OCH3 is 1. The molecule has 6 heteroatoms. The van der Waals surface area contributed by atoms with Crippen LogP contribution < -0.4 is 15.4 Å². The van der Waals surface area contributed by atoms with E-state index >= 15 is 0 Å². The third kappa shape index (κ3) is 8.15. The van der Waals surface area contributed by atoms with Gasteiger partial charge >= 0.3 is 0 Å². The molecule has 1 aromatic rings. The van der Waals surface area contributed by atoms with Crippen molar-refractivity contribution >= 4 is 5.96 Å². The van der Waals surface area contributed by atoms with Crippen LogP contribution in [0.5, 0.6) is 5.75 Å². The van der Waals surface area contributed by atoms with E-state index in [-0.39, 0.29) is 0 Å². The standard InChI is InChI=1S/C24H41N3O3/c1-5-29-16-13-24(11-6-7-12-24)19-27-23(25-3)26-18-21-10-9-20(2)17-22(21)30-15-8-14-28-4/h9-10,17H,5-8,11-16,18-19H2,1-4H3,(H2,25,26,27). The number of guanidine groups is 1. The molecule has 0 amide bonds. The summed E-state index contributed by atoms with van der Waals surface area (Å²) in [6.07, 6.45) is 7.15. The van der Waals surface area contributed by atoms with E-state index in [0.29, 0.717) is 25.2 Å². The average molecular weight is 420 g/mol. The molecule has 0 radical (unpaired) electrons. The highest BCUT2D eigenvalue weighted by atomic mass is 16.5. The Morgan fingerprint density at radius 2 is 1.93 bits per heavy atom. The van der Waals surface area contributed by atoms with Crippen LogP contribution in [0.4, 0.5) is 0 Å². The maximum absolute atomic E-state index is 6.00. The third-order valence-electron chi connectivity index (χ3n) is 5.92. The molecule has 0 atom stereocenters. The summed E-state index contributed by atoms with van der Waals surface area (Å²) in [6, 6.07) is 6.35. The molecule has 1 saturated carbocycles. The van der Waals surface area contributed by atoms with E-state index in [4.69, 9.17) is 14.2 Å². The summed E-state index contributed by atoms with van der Waals surface area (Å²) < 4.78 is 16.7. The lowest BCUT2D eigenvalue weighted by molar-refractivity contribution is 0.105. The van der Waals surface area contributed by atoms with Crippen molar-refractivity contribution in [1.29, 1.82) is 0 Å². The topological polar surface area (TPSA) is 64.1 Å². The largest absolute Gasteiger partial charge is 0.493 e. The van der Waals surface area contributed by atoms with Crippen molar-refractivity contribution in [3.05, 3.63) is 29.3 Å². The van der Waals surface area contributed by atoms with Crippen molar-refractivity contribution in [2.24, 2.45) is 10.4 Å². The van der Waals surface area contributed by atoms with Gasteiger partial charge in [-0.15, -0.1) is 0 Å². The molecular formula is C24H41N3O3. The summed E-state index contributed by atoms with van der Waals surface area (Å²) in [5.41, 5.74) is 2.65. The predicted molar refractivity (Wildman–Crippen MR) is 123 cm³/mol. The van der Waals surface area contributed by atoms with Crippen LogP contribution in [-0.4, -0.2) is 53.1 Å². The second-order valence-electron chi connectivity index (χ2n) is 8.24. The zero-order valence-electron chi connectivity index (χ0n) is 19.4. The summed E-state index contributed by atoms with van der Waals surface area (Å²) in [7, 11) is 3.54. The first-order valence-electron chi connectivity index (χ1n) is 11.4. The summed E-state index contributed by atoms with van der Waals surface area (Å²) >= 11 is 0. The van der Waals surface area contributed by atoms with Crippen LogP contribution in [0.3, 0.4) is 0 Å². The highest BCUT2D eigenvalue weighted by Gasteiger charge is 2.33. The zero-order valence-corrected chi connectivity index (χ0v) is 19.4. The van der Waals surface area contributed by atoms with E-state index in [1.165, 1.54) is 31.2 Å². The Kier molecular flexibility index (Phi) is 11.0. The molecule has 0 saturated heterocycles. The van der Waals surface area contributed by atoms with Crippen molar-refractivity contribution in [3.63, 3.8) is 0 Å². The van der Waals surface area contributed by atoms with Gasteiger partial charge in [0.05, 0.1) is 6.61 Å². The smallest absolute Gasteiger partial charge is 0.191 e. The van der Waals surface area contributed by atoms with Crippen molar-refractivity contribution in [3.8, 4) is 5.75 Å². The Morgan fingerprint density at radius 1 is 1.13 bits per heavy atom. The van der Waals surface area contributed by atoms with Crippen LogP contribution in [0.15, 0.2) is 23.2 Å². The Balaban J connectivity index is 1.89. The fraction of sp³-hybridized carbons (Fsp3) is 0.708. The predicted octanol–water partition coefficient (Wildman–Crippen LogP) is 4.06. The molecule has 0 bridgehead atoms. The van der Waals surface area contributed by atoms with Crippen LogP contribution in [0.25, 0.3) is 0 Å². The highest BCUT2D eigenvalue weighted by Crippen LogP contribution is 2.40. The lowest BCUT2D eigenvalue weighted by Gasteiger charge is -2.30. The molecule has 170 valence electrons. The van der Waals surface area contributed by atoms with Gasteiger partial charge < -0.3 is 24.8 Å². The van der Waals surface area contributed by atoms with Gasteiger partial charge in [-0.05, 0) is 50.2 Å². The summed E-state index contributed by atoms with van der Waals surface area (Å²) in [5.74, 6) is 1.77. The van der Waals surface area contributed by atoms with Crippen LogP contribution in [0.2, 0.25) is 0 Å². The van der Waals surface area contributed by atoms with Crippen LogP contribution >= 0.6 is 0 Å². The van der Waals surface area contributed by atoms with E-state index < -0.39 is 0 Å². The molecular weight excluding hydrogens is 378 g/mol. The van der Waals surface area contributed by atoms with Gasteiger partial charge in [0, 0.05) is 59.1 Å². The average Bonchev–Trinajstić information content (AvgIpc) is 3.21. The van der Waals surface area contributed by atoms with Crippen LogP contribution in [0.1, 0.15) is 56.6 Å². The second-order valence-corrected chi connectivity index (χ2v) is 8.24. The minimum absolute atomic E-state index is 0.326. The first kappa shape index (κ1) is 24.5. The van der Waals surface area contributed by atoms with Gasteiger partial charge in [0.2, 0.25) is 0 Å². The number of rotatable bonds is 13. The molecule has 30 heavy (non-hydrogen) atoms. The molecule has 1 aromatic carbocycles. The number of ether oxygens (including phenoxy) is 3. The number of aryl methyl sites for hydroxylation is 1. The van der Waals surface area contributed by atoms with E-state index in [2.05, 4.69) is 47.7 Å². The quantitative estimate of drug-likeness (QED) is 0.287. The molecule has 1 aliphatic carbocycles. The van der Waals surface area contributed by atoms with Crippen molar-refractivity contribution in [1.82, 2.24) is 10.6 Å². The van der Waals surface area contributed by atoms with Gasteiger partial charge in [-0.3, -0.25) is 4.99 Å². The van der Waals surface area contributed by atoms with Gasteiger partial charge in [0.25, 0.3) is 0 Å². The highest BCUT2D eigenvalue weighted by molar-refractivity contribution is 5.79. The second kappa shape index (κ2) is 13.5. The zero-order chi connectivity index (χ0) is 21.7. The molecule has 1 fully saturated rings. The van der Waals surface area contributed by atoms with Gasteiger partial charge in [-0.25, -0.2) is 0 Å². The first-order valence-corrected chi connectivity index (χ1v) is 11.4. The summed E-state index contributed by atoms with van der Waals surface area (Å²) in [5, 5.41) is 7.02.